The molecule has 2 aromatic carbocycles. The van der Waals surface area contributed by atoms with Crippen molar-refractivity contribution in [1.82, 2.24) is 0 Å². The molecular weight excluding hydrogens is 500 g/mol. The lowest BCUT2D eigenvalue weighted by Crippen LogP contribution is -3.00. The predicted octanol–water partition coefficient (Wildman–Crippen LogP) is 2.54. The number of nitrogens with zero attached hydrogens (tertiary/aromatic N) is 1. The second kappa shape index (κ2) is 9.33. The quantitative estimate of drug-likeness (QED) is 0.511. The fourth-order valence-electron chi connectivity index (χ4n) is 8.29. The number of anilines is 1. The number of carbonyl (C=O) groups is 1. The molecule has 0 spiro atoms. The Bertz CT molecular complexity index is 1400. The van der Waals surface area contributed by atoms with E-state index in [0.29, 0.717) is 5.75 Å². The molecule has 1 aliphatic heterocycles. The van der Waals surface area contributed by atoms with Crippen LogP contribution >= 0.6 is 0 Å². The third kappa shape index (κ3) is 3.83. The van der Waals surface area contributed by atoms with Gasteiger partial charge in [0, 0.05) is 12.5 Å². The topological polar surface area (TPSA) is 60.7 Å². The highest BCUT2D eigenvalue weighted by Gasteiger charge is 2.54. The van der Waals surface area contributed by atoms with Gasteiger partial charge in [0.15, 0.2) is 24.2 Å². The monoisotopic (exact) mass is 534 g/mol. The van der Waals surface area contributed by atoms with Crippen molar-refractivity contribution < 1.29 is 36.0 Å². The first-order valence-corrected chi connectivity index (χ1v) is 13.6. The zero-order chi connectivity index (χ0) is 25.3. The van der Waals surface area contributed by atoms with Gasteiger partial charge in [0.2, 0.25) is 11.6 Å². The molecule has 7 heteroatoms. The van der Waals surface area contributed by atoms with Crippen LogP contribution in [0.15, 0.2) is 36.5 Å². The Morgan fingerprint density at radius 1 is 0.895 bits per heavy atom. The number of nitrogens with one attached hydrogen (secondary N) is 1. The lowest BCUT2D eigenvalue weighted by Gasteiger charge is -2.55. The van der Waals surface area contributed by atoms with Crippen LogP contribution in [0.4, 0.5) is 5.69 Å². The smallest absolute Gasteiger partial charge is 0.230 e. The van der Waals surface area contributed by atoms with Crippen molar-refractivity contribution in [3.63, 3.8) is 0 Å². The number of aromatic nitrogens is 1. The van der Waals surface area contributed by atoms with Gasteiger partial charge in [-0.25, -0.2) is 0 Å². The van der Waals surface area contributed by atoms with Crippen LogP contribution in [0.1, 0.15) is 44.1 Å². The summed E-state index contributed by atoms with van der Waals surface area (Å²) < 4.78 is 19.2. The van der Waals surface area contributed by atoms with Crippen molar-refractivity contribution in [3.05, 3.63) is 42.1 Å². The third-order valence-corrected chi connectivity index (χ3v) is 9.61. The minimum atomic E-state index is -0.210. The largest absolute Gasteiger partial charge is 1.00 e. The molecule has 8 rings (SSSR count). The van der Waals surface area contributed by atoms with E-state index >= 15 is 0 Å². The second-order valence-electron chi connectivity index (χ2n) is 11.8. The van der Waals surface area contributed by atoms with E-state index in [0.717, 1.165) is 89.2 Å². The molecule has 0 radical (unpaired) electrons. The fraction of sp³-hybridized carbons (Fsp3) is 0.484. The molecule has 6 nitrogen and oxygen atoms in total. The maximum atomic E-state index is 14.0. The number of amides is 1. The average Bonchev–Trinajstić information content (AvgIpc) is 2.90. The summed E-state index contributed by atoms with van der Waals surface area (Å²) in [6, 6.07) is 10.5. The second-order valence-corrected chi connectivity index (χ2v) is 11.8. The molecule has 1 aromatic heterocycles. The van der Waals surface area contributed by atoms with Gasteiger partial charge < -0.3 is 31.9 Å². The van der Waals surface area contributed by atoms with Gasteiger partial charge in [0.25, 0.3) is 0 Å². The summed E-state index contributed by atoms with van der Waals surface area (Å²) in [6.07, 6.45) is 10.2. The van der Waals surface area contributed by atoms with E-state index in [1.807, 2.05) is 6.07 Å². The summed E-state index contributed by atoms with van der Waals surface area (Å²) in [5.41, 5.74) is 4.13. The third-order valence-electron chi connectivity index (χ3n) is 9.61. The van der Waals surface area contributed by atoms with Gasteiger partial charge in [-0.15, -0.1) is 0 Å². The maximum absolute atomic E-state index is 14.0. The highest BCUT2D eigenvalue weighted by molar-refractivity contribution is 6.06. The van der Waals surface area contributed by atoms with E-state index in [-0.39, 0.29) is 23.7 Å². The zero-order valence-electron chi connectivity index (χ0n) is 22.3. The Labute approximate surface area is 230 Å². The summed E-state index contributed by atoms with van der Waals surface area (Å²) >= 11 is 0. The van der Waals surface area contributed by atoms with E-state index in [9.17, 15) is 4.79 Å². The zero-order valence-corrected chi connectivity index (χ0v) is 23.1. The van der Waals surface area contributed by atoms with Crippen molar-refractivity contribution in [2.24, 2.45) is 23.2 Å². The van der Waals surface area contributed by atoms with Gasteiger partial charge in [0.05, 0.1) is 43.4 Å². The number of methoxy groups -OCH3 is 3. The number of hydrogen-bond acceptors (Lipinski definition) is 4. The summed E-state index contributed by atoms with van der Waals surface area (Å²) in [6.45, 7) is 0.854. The van der Waals surface area contributed by atoms with Crippen LogP contribution < -0.4 is 36.5 Å². The van der Waals surface area contributed by atoms with Crippen LogP contribution in [0.25, 0.3) is 22.0 Å². The van der Waals surface area contributed by atoms with E-state index in [1.165, 1.54) is 24.8 Å². The normalized spacial score (nSPS) is 26.2. The highest BCUT2D eigenvalue weighted by Crippen LogP contribution is 2.60. The van der Waals surface area contributed by atoms with Crippen LogP contribution in [0.3, 0.4) is 0 Å². The molecule has 0 unspecified atom stereocenters. The number of carbonyl (C=O) groups excluding carboxylic acids is 1. The Kier molecular flexibility index (Phi) is 6.21. The van der Waals surface area contributed by atoms with E-state index in [2.05, 4.69) is 40.3 Å². The SMILES string of the molecule is COc1cc2c(cc1OC)-c1cc3ccc(OC)c(NC(=O)C45CC6CC(CC(C6)C4)C5)c3c[n+]1CC2.[Cl-]. The summed E-state index contributed by atoms with van der Waals surface area (Å²) in [4.78, 5) is 14.0. The van der Waals surface area contributed by atoms with Gasteiger partial charge in [-0.2, -0.15) is 4.57 Å². The van der Waals surface area contributed by atoms with Crippen molar-refractivity contribution in [2.45, 2.75) is 51.5 Å². The first-order valence-electron chi connectivity index (χ1n) is 13.6. The van der Waals surface area contributed by atoms with Gasteiger partial charge in [-0.3, -0.25) is 4.79 Å². The Balaban J connectivity index is 0.00000264. The molecule has 4 aliphatic carbocycles. The molecule has 0 atom stereocenters. The Morgan fingerprint density at radius 3 is 2.16 bits per heavy atom. The molecule has 0 saturated heterocycles. The van der Waals surface area contributed by atoms with E-state index in [4.69, 9.17) is 14.2 Å². The van der Waals surface area contributed by atoms with Crippen molar-refractivity contribution in [2.75, 3.05) is 26.6 Å². The molecule has 1 N–H and O–H groups in total. The Morgan fingerprint density at radius 2 is 1.53 bits per heavy atom. The summed E-state index contributed by atoms with van der Waals surface area (Å²) in [5.74, 6) is 4.58. The number of aryl methyl sites for hydroxylation is 2. The van der Waals surface area contributed by atoms with Crippen molar-refractivity contribution in [3.8, 4) is 28.5 Å². The molecule has 2 heterocycles. The maximum Gasteiger partial charge on any atom is 0.230 e. The first-order chi connectivity index (χ1) is 18.0. The number of rotatable bonds is 5. The molecule has 38 heavy (non-hydrogen) atoms. The summed E-state index contributed by atoms with van der Waals surface area (Å²) in [5, 5.41) is 5.50. The lowest BCUT2D eigenvalue weighted by molar-refractivity contribution is -0.686. The van der Waals surface area contributed by atoms with Crippen molar-refractivity contribution in [1.29, 1.82) is 0 Å². The number of fused-ring (bicyclic) bond motifs is 4. The van der Waals surface area contributed by atoms with Crippen LogP contribution in [-0.2, 0) is 17.8 Å². The van der Waals surface area contributed by atoms with Crippen LogP contribution in [0.2, 0.25) is 0 Å². The lowest BCUT2D eigenvalue weighted by atomic mass is 9.49. The average molecular weight is 535 g/mol. The highest BCUT2D eigenvalue weighted by atomic mass is 35.5. The molecular formula is C31H35ClN2O4. The fourth-order valence-corrected chi connectivity index (χ4v) is 8.29. The molecule has 1 amide bonds. The van der Waals surface area contributed by atoms with E-state index in [1.54, 1.807) is 21.3 Å². The molecule has 4 fully saturated rings. The van der Waals surface area contributed by atoms with Gasteiger partial charge in [-0.1, -0.05) is 6.07 Å². The number of hydrogen-bond donors (Lipinski definition) is 1. The summed E-state index contributed by atoms with van der Waals surface area (Å²) in [7, 11) is 5.03. The molecule has 4 saturated carbocycles. The standard InChI is InChI=1S/C31H34N2O4.ClH/c1-35-26-5-4-21-11-25-23-13-28(37-3)27(36-2)12-22(23)6-7-33(25)17-24(21)29(26)32-30(34)31-14-18-8-19(15-31)10-20(9-18)16-31;/h4-5,11-13,17-20H,6-10,14-16H2,1-3H3;1H. The molecule has 5 aliphatic rings. The van der Waals surface area contributed by atoms with Crippen LogP contribution in [0.5, 0.6) is 17.2 Å². The number of pyridine rings is 1. The predicted molar refractivity (Wildman–Crippen MR) is 142 cm³/mol. The molecule has 4 bridgehead atoms. The van der Waals surface area contributed by atoms with Crippen molar-refractivity contribution >= 4 is 22.4 Å². The molecule has 3 aromatic rings. The number of benzene rings is 2. The van der Waals surface area contributed by atoms with Crippen LogP contribution in [-0.4, -0.2) is 27.2 Å². The van der Waals surface area contributed by atoms with Crippen LogP contribution in [0, 0.1) is 23.2 Å². The van der Waals surface area contributed by atoms with Gasteiger partial charge in [0.1, 0.15) is 5.75 Å². The minimum absolute atomic E-state index is 0. The first kappa shape index (κ1) is 25.3. The number of halogens is 1. The Hall–Kier alpha value is -2.99. The number of ether oxygens (including phenoxy) is 3. The molecule has 200 valence electrons. The minimum Gasteiger partial charge on any atom is -1.00 e. The van der Waals surface area contributed by atoms with E-state index < -0.39 is 0 Å². The van der Waals surface area contributed by atoms with Gasteiger partial charge >= 0.3 is 0 Å². The van der Waals surface area contributed by atoms with Gasteiger partial charge in [-0.05, 0) is 85.4 Å².